The molecule has 3 N–H and O–H groups in total. The van der Waals surface area contributed by atoms with Gasteiger partial charge in [-0.05, 0) is 53.0 Å². The lowest BCUT2D eigenvalue weighted by atomic mass is 10.2. The predicted octanol–water partition coefficient (Wildman–Crippen LogP) is 0.974. The Morgan fingerprint density at radius 2 is 2.19 bits per heavy atom. The lowest BCUT2D eigenvalue weighted by Crippen LogP contribution is -2.37. The highest BCUT2D eigenvalue weighted by Gasteiger charge is 2.25. The molecule has 1 atom stereocenters. The topological polar surface area (TPSA) is 87.3 Å². The number of carbonyl (C=O) groups is 1. The van der Waals surface area contributed by atoms with Crippen molar-refractivity contribution in [1.82, 2.24) is 10.0 Å². The predicted molar refractivity (Wildman–Crippen MR) is 82.7 cm³/mol. The summed E-state index contributed by atoms with van der Waals surface area (Å²) in [5.74, 6) is -0.116. The molecule has 6 nitrogen and oxygen atoms in total. The van der Waals surface area contributed by atoms with Gasteiger partial charge in [-0.15, -0.1) is 0 Å². The molecule has 1 fully saturated rings. The molecule has 0 saturated carbocycles. The van der Waals surface area contributed by atoms with Gasteiger partial charge in [0.25, 0.3) is 0 Å². The number of amides is 1. The Morgan fingerprint density at radius 1 is 1.38 bits per heavy atom. The maximum absolute atomic E-state index is 12.4. The van der Waals surface area contributed by atoms with Crippen LogP contribution in [0, 0.1) is 0 Å². The molecular formula is C13H16BrN3O3S. The third-order valence-electron chi connectivity index (χ3n) is 3.75. The summed E-state index contributed by atoms with van der Waals surface area (Å²) in [6, 6.07) is 3.39. The summed E-state index contributed by atoms with van der Waals surface area (Å²) in [7, 11) is -3.59. The van der Waals surface area contributed by atoms with Gasteiger partial charge in [-0.2, -0.15) is 0 Å². The standard InChI is InChI=1S/C13H16BrN3O3S/c14-10-6-11-8(5-13(18)17-11)4-12(10)21(19,20)16-7-9-2-1-3-15-9/h4,6,9,15-16H,1-3,5,7H2,(H,17,18). The highest BCUT2D eigenvalue weighted by molar-refractivity contribution is 9.10. The molecule has 1 aromatic rings. The van der Waals surface area contributed by atoms with E-state index in [9.17, 15) is 13.2 Å². The third-order valence-corrected chi connectivity index (χ3v) is 6.14. The van der Waals surface area contributed by atoms with E-state index in [-0.39, 0.29) is 23.3 Å². The number of carbonyl (C=O) groups excluding carboxylic acids is 1. The monoisotopic (exact) mass is 373 g/mol. The minimum Gasteiger partial charge on any atom is -0.325 e. The van der Waals surface area contributed by atoms with E-state index < -0.39 is 10.0 Å². The second-order valence-corrected chi connectivity index (χ2v) is 7.90. The molecule has 2 heterocycles. The van der Waals surface area contributed by atoms with Crippen LogP contribution in [-0.2, 0) is 21.2 Å². The number of nitrogens with one attached hydrogen (secondary N) is 3. The van der Waals surface area contributed by atoms with Gasteiger partial charge in [0.2, 0.25) is 15.9 Å². The Hall–Kier alpha value is -0.960. The van der Waals surface area contributed by atoms with Gasteiger partial charge in [0.05, 0.1) is 11.3 Å². The van der Waals surface area contributed by atoms with Crippen molar-refractivity contribution in [3.05, 3.63) is 22.2 Å². The van der Waals surface area contributed by atoms with Gasteiger partial charge in [-0.1, -0.05) is 0 Å². The van der Waals surface area contributed by atoms with Gasteiger partial charge in [0.1, 0.15) is 0 Å². The summed E-state index contributed by atoms with van der Waals surface area (Å²) < 4.78 is 27.9. The molecule has 8 heteroatoms. The van der Waals surface area contributed by atoms with Gasteiger partial charge in [-0.3, -0.25) is 4.79 Å². The van der Waals surface area contributed by atoms with Crippen molar-refractivity contribution >= 4 is 37.5 Å². The second kappa shape index (κ2) is 5.68. The lowest BCUT2D eigenvalue weighted by molar-refractivity contribution is -0.115. The maximum Gasteiger partial charge on any atom is 0.241 e. The third kappa shape index (κ3) is 3.13. The van der Waals surface area contributed by atoms with E-state index in [1.165, 1.54) is 0 Å². The largest absolute Gasteiger partial charge is 0.325 e. The molecule has 0 spiro atoms. The van der Waals surface area contributed by atoms with Crippen LogP contribution in [0.25, 0.3) is 0 Å². The SMILES string of the molecule is O=C1Cc2cc(S(=O)(=O)NCC3CCCN3)c(Br)cc2N1. The average Bonchev–Trinajstić information content (AvgIpc) is 3.03. The summed E-state index contributed by atoms with van der Waals surface area (Å²) in [5.41, 5.74) is 1.38. The number of hydrogen-bond donors (Lipinski definition) is 3. The zero-order valence-electron chi connectivity index (χ0n) is 11.3. The Kier molecular flexibility index (Phi) is 4.04. The Labute approximate surface area is 131 Å². The molecule has 2 aliphatic heterocycles. The number of fused-ring (bicyclic) bond motifs is 1. The lowest BCUT2D eigenvalue weighted by Gasteiger charge is -2.13. The number of halogens is 1. The highest BCUT2D eigenvalue weighted by atomic mass is 79.9. The van der Waals surface area contributed by atoms with E-state index >= 15 is 0 Å². The van der Waals surface area contributed by atoms with Crippen LogP contribution in [0.2, 0.25) is 0 Å². The summed E-state index contributed by atoms with van der Waals surface area (Å²) in [4.78, 5) is 11.5. The molecule has 0 aromatic heterocycles. The van der Waals surface area contributed by atoms with Gasteiger partial charge in [0.15, 0.2) is 0 Å². The fraction of sp³-hybridized carbons (Fsp3) is 0.462. The van der Waals surface area contributed by atoms with Crippen molar-refractivity contribution in [2.75, 3.05) is 18.4 Å². The van der Waals surface area contributed by atoms with Crippen molar-refractivity contribution in [2.24, 2.45) is 0 Å². The first kappa shape index (κ1) is 15.0. The average molecular weight is 374 g/mol. The molecule has 0 bridgehead atoms. The Morgan fingerprint density at radius 3 is 2.90 bits per heavy atom. The van der Waals surface area contributed by atoms with E-state index in [0.29, 0.717) is 22.3 Å². The van der Waals surface area contributed by atoms with Crippen LogP contribution >= 0.6 is 15.9 Å². The molecule has 2 aliphatic rings. The smallest absolute Gasteiger partial charge is 0.241 e. The molecule has 0 radical (unpaired) electrons. The normalized spacial score (nSPS) is 21.4. The summed E-state index contributed by atoms with van der Waals surface area (Å²) in [6.45, 7) is 1.31. The van der Waals surface area contributed by atoms with Gasteiger partial charge >= 0.3 is 0 Å². The van der Waals surface area contributed by atoms with Crippen LogP contribution in [-0.4, -0.2) is 33.5 Å². The van der Waals surface area contributed by atoms with Crippen LogP contribution in [0.3, 0.4) is 0 Å². The molecule has 1 amide bonds. The van der Waals surface area contributed by atoms with Crippen LogP contribution < -0.4 is 15.4 Å². The van der Waals surface area contributed by atoms with Crippen LogP contribution in [0.15, 0.2) is 21.5 Å². The first-order chi connectivity index (χ1) is 9.95. The maximum atomic E-state index is 12.4. The number of hydrogen-bond acceptors (Lipinski definition) is 4. The fourth-order valence-electron chi connectivity index (χ4n) is 2.65. The molecule has 3 rings (SSSR count). The Bertz CT molecular complexity index is 684. The number of anilines is 1. The van der Waals surface area contributed by atoms with Crippen molar-refractivity contribution in [1.29, 1.82) is 0 Å². The minimum atomic E-state index is -3.59. The fourth-order valence-corrected chi connectivity index (χ4v) is 4.82. The molecular weight excluding hydrogens is 358 g/mol. The summed E-state index contributed by atoms with van der Waals surface area (Å²) in [6.07, 6.45) is 2.27. The summed E-state index contributed by atoms with van der Waals surface area (Å²) >= 11 is 3.27. The van der Waals surface area contributed by atoms with Gasteiger partial charge in [-0.25, -0.2) is 13.1 Å². The minimum absolute atomic E-state index is 0.116. The van der Waals surface area contributed by atoms with E-state index in [4.69, 9.17) is 0 Å². The van der Waals surface area contributed by atoms with E-state index in [0.717, 1.165) is 19.4 Å². The van der Waals surface area contributed by atoms with E-state index in [1.54, 1.807) is 12.1 Å². The van der Waals surface area contributed by atoms with Crippen molar-refractivity contribution in [3.8, 4) is 0 Å². The number of sulfonamides is 1. The second-order valence-electron chi connectivity index (χ2n) is 5.31. The number of rotatable bonds is 4. The first-order valence-corrected chi connectivity index (χ1v) is 9.08. The molecule has 1 aromatic carbocycles. The molecule has 1 unspecified atom stereocenters. The van der Waals surface area contributed by atoms with Crippen molar-refractivity contribution in [3.63, 3.8) is 0 Å². The molecule has 21 heavy (non-hydrogen) atoms. The molecule has 0 aliphatic carbocycles. The van der Waals surface area contributed by atoms with Crippen LogP contribution in [0.1, 0.15) is 18.4 Å². The highest BCUT2D eigenvalue weighted by Crippen LogP contribution is 2.32. The van der Waals surface area contributed by atoms with E-state index in [1.807, 2.05) is 0 Å². The summed E-state index contributed by atoms with van der Waals surface area (Å²) in [5, 5.41) is 5.95. The first-order valence-electron chi connectivity index (χ1n) is 6.81. The van der Waals surface area contributed by atoms with Crippen LogP contribution in [0.5, 0.6) is 0 Å². The molecule has 114 valence electrons. The zero-order valence-corrected chi connectivity index (χ0v) is 13.7. The van der Waals surface area contributed by atoms with Crippen molar-refractivity contribution < 1.29 is 13.2 Å². The number of benzene rings is 1. The van der Waals surface area contributed by atoms with Gasteiger partial charge < -0.3 is 10.6 Å². The van der Waals surface area contributed by atoms with E-state index in [2.05, 4.69) is 31.3 Å². The molecule has 1 saturated heterocycles. The van der Waals surface area contributed by atoms with Gasteiger partial charge in [0, 0.05) is 22.7 Å². The quantitative estimate of drug-likeness (QED) is 0.733. The Balaban J connectivity index is 1.81. The van der Waals surface area contributed by atoms with Crippen LogP contribution in [0.4, 0.5) is 5.69 Å². The van der Waals surface area contributed by atoms with Crippen molar-refractivity contribution in [2.45, 2.75) is 30.2 Å². The zero-order chi connectivity index (χ0) is 15.0.